The number of esters is 3. The molecule has 17 heteroatoms. The molecule has 1 fully saturated rings. The maximum absolute atomic E-state index is 13.2. The molecular formula is C34H45N6O10P. The summed E-state index contributed by atoms with van der Waals surface area (Å²) in [4.78, 5) is 43.2. The van der Waals surface area contributed by atoms with E-state index < -0.39 is 73.8 Å². The zero-order valence-corrected chi connectivity index (χ0v) is 30.8. The highest BCUT2D eigenvalue weighted by Crippen LogP contribution is 2.46. The Morgan fingerprint density at radius 3 is 2.35 bits per heavy atom. The van der Waals surface area contributed by atoms with Crippen LogP contribution in [0.1, 0.15) is 54.2 Å². The van der Waals surface area contributed by atoms with E-state index in [0.717, 1.165) is 0 Å². The molecule has 0 amide bonds. The number of fused-ring (bicyclic) bond motifs is 1. The molecule has 1 unspecified atom stereocenters. The number of methoxy groups -OCH3 is 1. The van der Waals surface area contributed by atoms with Crippen LogP contribution in [0.3, 0.4) is 0 Å². The van der Waals surface area contributed by atoms with Gasteiger partial charge in [-0.25, -0.2) is 14.6 Å². The molecule has 2 aromatic heterocycles. The molecular weight excluding hydrogens is 683 g/mol. The van der Waals surface area contributed by atoms with Crippen LogP contribution >= 0.6 is 8.53 Å². The maximum atomic E-state index is 13.2. The Labute approximate surface area is 297 Å². The Hall–Kier alpha value is -4.39. The van der Waals surface area contributed by atoms with Gasteiger partial charge in [-0.3, -0.25) is 14.4 Å². The van der Waals surface area contributed by atoms with Crippen molar-refractivity contribution in [2.24, 2.45) is 11.8 Å². The number of hydrogen-bond acceptors (Lipinski definition) is 15. The van der Waals surface area contributed by atoms with Crippen molar-refractivity contribution >= 4 is 37.8 Å². The summed E-state index contributed by atoms with van der Waals surface area (Å²) < 4.78 is 42.9. The molecule has 1 saturated heterocycles. The van der Waals surface area contributed by atoms with E-state index in [1.165, 1.54) is 18.0 Å². The van der Waals surface area contributed by atoms with Crippen molar-refractivity contribution in [1.82, 2.24) is 19.7 Å². The topological polar surface area (TPSA) is 208 Å². The molecule has 6 atom stereocenters. The lowest BCUT2D eigenvalue weighted by Gasteiger charge is -2.29. The number of nitriles is 1. The van der Waals surface area contributed by atoms with Gasteiger partial charge in [0.2, 0.25) is 5.60 Å². The Morgan fingerprint density at radius 2 is 1.73 bits per heavy atom. The van der Waals surface area contributed by atoms with Crippen molar-refractivity contribution in [2.45, 2.75) is 84.0 Å². The summed E-state index contributed by atoms with van der Waals surface area (Å²) in [5, 5.41) is 18.2. The number of rotatable bonds is 16. The van der Waals surface area contributed by atoms with E-state index >= 15 is 0 Å². The number of anilines is 1. The molecule has 4 rings (SSSR count). The van der Waals surface area contributed by atoms with E-state index in [9.17, 15) is 19.6 Å². The van der Waals surface area contributed by atoms with Crippen molar-refractivity contribution < 1.29 is 47.1 Å². The van der Waals surface area contributed by atoms with Crippen LogP contribution in [0.4, 0.5) is 5.82 Å². The fourth-order valence-electron chi connectivity index (χ4n) is 4.78. The zero-order chi connectivity index (χ0) is 37.5. The molecule has 1 aliphatic rings. The smallest absolute Gasteiger partial charge is 0.323 e. The summed E-state index contributed by atoms with van der Waals surface area (Å²) in [6, 6.07) is 13.2. The standard InChI is InChI=1S/C34H45N6O10P/c1-20(2)30(41)47-27-25(16-46-51(50-23-12-10-9-11-13-23)39-22(5)32(43)45-18-33(6,7)44-8)49-34(17-35,28(27)48-31(42)21(3)4)26-15-14-24-29(36)37-19-38-40(24)26/h9-15,19-22,25,27-28,39H,16,18H2,1-8H3,(H2,36,37,38)/t22-,25+,27+,28+,34-,51?/m0/s1. The van der Waals surface area contributed by atoms with Crippen LogP contribution < -0.4 is 15.3 Å². The number of nitrogens with two attached hydrogens (primary N) is 1. The molecule has 51 heavy (non-hydrogen) atoms. The van der Waals surface area contributed by atoms with E-state index in [-0.39, 0.29) is 24.7 Å². The minimum Gasteiger partial charge on any atom is -0.461 e. The first-order valence-corrected chi connectivity index (χ1v) is 17.5. The second-order valence-electron chi connectivity index (χ2n) is 13.1. The molecule has 0 spiro atoms. The van der Waals surface area contributed by atoms with Crippen molar-refractivity contribution in [3.8, 4) is 11.8 Å². The summed E-state index contributed by atoms with van der Waals surface area (Å²) in [6.45, 7) is 11.3. The van der Waals surface area contributed by atoms with Crippen molar-refractivity contribution in [3.63, 3.8) is 0 Å². The maximum Gasteiger partial charge on any atom is 0.323 e. The Bertz CT molecular complexity index is 1710. The van der Waals surface area contributed by atoms with Crippen LogP contribution in [0.5, 0.6) is 5.75 Å². The highest BCUT2D eigenvalue weighted by molar-refractivity contribution is 7.45. The number of hydrogen-bond donors (Lipinski definition) is 2. The number of benzene rings is 1. The SMILES string of the molecule is COC(C)(C)COC(=O)[C@H](C)NP(OC[C@H]1O[C@@](C#N)(c2ccc3c(N)ncnn23)[C@H](OC(=O)C(C)C)[C@@H]1OC(=O)C(C)C)Oc1ccccc1. The van der Waals surface area contributed by atoms with Gasteiger partial charge in [0.1, 0.15) is 42.4 Å². The van der Waals surface area contributed by atoms with Crippen molar-refractivity contribution in [2.75, 3.05) is 26.1 Å². The fourth-order valence-corrected chi connectivity index (χ4v) is 5.98. The molecule has 3 heterocycles. The Kier molecular flexibility index (Phi) is 12.9. The van der Waals surface area contributed by atoms with Gasteiger partial charge in [-0.15, -0.1) is 0 Å². The van der Waals surface area contributed by atoms with Gasteiger partial charge in [-0.1, -0.05) is 45.9 Å². The van der Waals surface area contributed by atoms with E-state index in [0.29, 0.717) is 11.3 Å². The van der Waals surface area contributed by atoms with Crippen molar-refractivity contribution in [3.05, 3.63) is 54.5 Å². The molecule has 1 aromatic carbocycles. The lowest BCUT2D eigenvalue weighted by atomic mass is 9.92. The number of nitrogen functional groups attached to an aromatic ring is 1. The number of para-hydroxylation sites is 1. The highest BCUT2D eigenvalue weighted by Gasteiger charge is 2.63. The van der Waals surface area contributed by atoms with Crippen LogP contribution in [0, 0.1) is 23.2 Å². The number of carbonyl (C=O) groups excluding carboxylic acids is 3. The molecule has 3 aromatic rings. The molecule has 1 aliphatic heterocycles. The Balaban J connectivity index is 1.71. The summed E-state index contributed by atoms with van der Waals surface area (Å²) in [5.41, 5.74) is 3.84. The minimum absolute atomic E-state index is 0.00318. The van der Waals surface area contributed by atoms with Gasteiger partial charge >= 0.3 is 26.4 Å². The minimum atomic E-state index is -2.11. The first-order valence-electron chi connectivity index (χ1n) is 16.3. The van der Waals surface area contributed by atoms with Crippen molar-refractivity contribution in [1.29, 1.82) is 5.26 Å². The molecule has 0 aliphatic carbocycles. The van der Waals surface area contributed by atoms with Gasteiger partial charge in [0.15, 0.2) is 18.0 Å². The molecule has 0 bridgehead atoms. The van der Waals surface area contributed by atoms with Crippen LogP contribution in [0.15, 0.2) is 48.8 Å². The van der Waals surface area contributed by atoms with Gasteiger partial charge in [-0.05, 0) is 45.0 Å². The monoisotopic (exact) mass is 728 g/mol. The van der Waals surface area contributed by atoms with Crippen LogP contribution in [0.2, 0.25) is 0 Å². The quantitative estimate of drug-likeness (QED) is 0.122. The van der Waals surface area contributed by atoms with Gasteiger partial charge < -0.3 is 38.5 Å². The molecule has 3 N–H and O–H groups in total. The zero-order valence-electron chi connectivity index (χ0n) is 29.9. The second kappa shape index (κ2) is 16.8. The number of nitrogens with one attached hydrogen (secondary N) is 1. The van der Waals surface area contributed by atoms with Gasteiger partial charge in [0.25, 0.3) is 0 Å². The lowest BCUT2D eigenvalue weighted by molar-refractivity contribution is -0.173. The summed E-state index contributed by atoms with van der Waals surface area (Å²) in [5.74, 6) is -2.50. The molecule has 276 valence electrons. The van der Waals surface area contributed by atoms with Gasteiger partial charge in [0.05, 0.1) is 29.7 Å². The molecule has 0 saturated carbocycles. The number of carbonyl (C=O) groups is 3. The average Bonchev–Trinajstić information content (AvgIpc) is 3.67. The summed E-state index contributed by atoms with van der Waals surface area (Å²) >= 11 is 0. The highest BCUT2D eigenvalue weighted by atomic mass is 31.2. The predicted molar refractivity (Wildman–Crippen MR) is 184 cm³/mol. The average molecular weight is 729 g/mol. The Morgan fingerprint density at radius 1 is 1.06 bits per heavy atom. The molecule has 0 radical (unpaired) electrons. The summed E-state index contributed by atoms with van der Waals surface area (Å²) in [6.07, 6.45) is -2.80. The van der Waals surface area contributed by atoms with Gasteiger partial charge in [-0.2, -0.15) is 10.4 Å². The van der Waals surface area contributed by atoms with E-state index in [1.807, 2.05) is 6.07 Å². The first-order chi connectivity index (χ1) is 24.1. The van der Waals surface area contributed by atoms with Crippen LogP contribution in [0.25, 0.3) is 5.52 Å². The second-order valence-corrected chi connectivity index (χ2v) is 14.3. The van der Waals surface area contributed by atoms with E-state index in [1.54, 1.807) is 84.9 Å². The third-order valence-corrected chi connectivity index (χ3v) is 9.28. The van der Waals surface area contributed by atoms with E-state index in [4.69, 9.17) is 38.5 Å². The van der Waals surface area contributed by atoms with Gasteiger partial charge in [0, 0.05) is 7.11 Å². The molecule has 16 nitrogen and oxygen atoms in total. The lowest BCUT2D eigenvalue weighted by Crippen LogP contribution is -2.47. The number of ether oxygens (including phenoxy) is 5. The number of nitrogens with zero attached hydrogens (tertiary/aromatic N) is 4. The first kappa shape index (κ1) is 39.4. The fraction of sp³-hybridized carbons (Fsp3) is 0.529. The number of aromatic nitrogens is 3. The van der Waals surface area contributed by atoms with Crippen LogP contribution in [-0.2, 0) is 48.2 Å². The summed E-state index contributed by atoms with van der Waals surface area (Å²) in [7, 11) is -0.590. The largest absolute Gasteiger partial charge is 0.461 e. The van der Waals surface area contributed by atoms with E-state index in [2.05, 4.69) is 21.2 Å². The predicted octanol–water partition coefficient (Wildman–Crippen LogP) is 3.83. The van der Waals surface area contributed by atoms with Crippen LogP contribution in [-0.4, -0.2) is 82.8 Å². The third kappa shape index (κ3) is 9.29. The normalized spacial score (nSPS) is 21.6. The third-order valence-electron chi connectivity index (χ3n) is 7.92.